The third kappa shape index (κ3) is 1.51. The third-order valence-corrected chi connectivity index (χ3v) is 4.13. The Hall–Kier alpha value is -0.790. The molecule has 2 unspecified atom stereocenters. The Morgan fingerprint density at radius 3 is 2.87 bits per heavy atom. The Bertz CT molecular complexity index is 293. The van der Waals surface area contributed by atoms with Crippen LogP contribution in [0.2, 0.25) is 0 Å². The predicted molar refractivity (Wildman–Crippen MR) is 59.3 cm³/mol. The van der Waals surface area contributed by atoms with Crippen molar-refractivity contribution in [2.24, 2.45) is 23.2 Å². The fourth-order valence-corrected chi connectivity index (χ4v) is 3.24. The van der Waals surface area contributed by atoms with Gasteiger partial charge in [-0.05, 0) is 31.6 Å². The van der Waals surface area contributed by atoms with Gasteiger partial charge in [0.05, 0.1) is 12.5 Å². The lowest BCUT2D eigenvalue weighted by molar-refractivity contribution is -0.151. The maximum Gasteiger partial charge on any atom is 0.309 e. The first kappa shape index (κ1) is 10.7. The second-order valence-electron chi connectivity index (χ2n) is 5.13. The molecule has 2 aliphatic carbocycles. The fourth-order valence-electron chi connectivity index (χ4n) is 3.24. The number of rotatable bonds is 3. The fraction of sp³-hybridized carbons (Fsp3) is 0.769. The van der Waals surface area contributed by atoms with E-state index in [2.05, 4.69) is 26.0 Å². The van der Waals surface area contributed by atoms with Crippen molar-refractivity contribution in [1.82, 2.24) is 0 Å². The van der Waals surface area contributed by atoms with E-state index in [1.807, 2.05) is 6.92 Å². The Labute approximate surface area is 91.7 Å². The van der Waals surface area contributed by atoms with Gasteiger partial charge in [-0.15, -0.1) is 0 Å². The van der Waals surface area contributed by atoms with Crippen molar-refractivity contribution in [1.29, 1.82) is 0 Å². The van der Waals surface area contributed by atoms with E-state index in [4.69, 9.17) is 4.74 Å². The third-order valence-electron chi connectivity index (χ3n) is 4.13. The van der Waals surface area contributed by atoms with Gasteiger partial charge in [-0.3, -0.25) is 4.79 Å². The van der Waals surface area contributed by atoms with Crippen molar-refractivity contribution in [3.63, 3.8) is 0 Å². The van der Waals surface area contributed by atoms with Crippen LogP contribution in [0, 0.1) is 23.2 Å². The molecule has 0 N–H and O–H groups in total. The quantitative estimate of drug-likeness (QED) is 0.526. The average molecular weight is 208 g/mol. The molecule has 2 heteroatoms. The maximum atomic E-state index is 11.9. The Kier molecular flexibility index (Phi) is 2.61. The second kappa shape index (κ2) is 3.66. The Balaban J connectivity index is 2.20. The molecule has 2 nitrogen and oxygen atoms in total. The second-order valence-corrected chi connectivity index (χ2v) is 5.13. The van der Waals surface area contributed by atoms with E-state index in [0.29, 0.717) is 18.4 Å². The van der Waals surface area contributed by atoms with Crippen LogP contribution in [0.3, 0.4) is 0 Å². The molecule has 84 valence electrons. The number of allylic oxidation sites excluding steroid dienone is 2. The molecule has 0 heterocycles. The van der Waals surface area contributed by atoms with Crippen LogP contribution >= 0.6 is 0 Å². The number of fused-ring (bicyclic) bond motifs is 2. The molecule has 0 aromatic carbocycles. The van der Waals surface area contributed by atoms with Gasteiger partial charge in [0.1, 0.15) is 0 Å². The van der Waals surface area contributed by atoms with E-state index < -0.39 is 0 Å². The van der Waals surface area contributed by atoms with Crippen LogP contribution in [-0.4, -0.2) is 12.6 Å². The van der Waals surface area contributed by atoms with E-state index in [-0.39, 0.29) is 17.3 Å². The largest absolute Gasteiger partial charge is 0.466 e. The van der Waals surface area contributed by atoms with Crippen molar-refractivity contribution >= 4 is 5.97 Å². The summed E-state index contributed by atoms with van der Waals surface area (Å²) < 4.78 is 5.18. The van der Waals surface area contributed by atoms with Gasteiger partial charge in [-0.2, -0.15) is 0 Å². The molecule has 0 spiro atoms. The van der Waals surface area contributed by atoms with Gasteiger partial charge in [0.25, 0.3) is 0 Å². The standard InChI is InChI=1S/C13H20O2/c1-4-15-12(14)11-7-10-5-6-13(11,8-10)9(2)3/h5-6,9-11H,4,7-8H2,1-3H3/t10?,11-,13?/m1/s1. The Morgan fingerprint density at radius 1 is 1.60 bits per heavy atom. The highest BCUT2D eigenvalue weighted by atomic mass is 16.5. The smallest absolute Gasteiger partial charge is 0.309 e. The minimum Gasteiger partial charge on any atom is -0.466 e. The number of carbonyl (C=O) groups is 1. The highest BCUT2D eigenvalue weighted by Crippen LogP contribution is 2.57. The Morgan fingerprint density at radius 2 is 2.33 bits per heavy atom. The van der Waals surface area contributed by atoms with Gasteiger partial charge >= 0.3 is 5.97 Å². The van der Waals surface area contributed by atoms with Gasteiger partial charge in [0, 0.05) is 5.41 Å². The van der Waals surface area contributed by atoms with Crippen molar-refractivity contribution in [3.8, 4) is 0 Å². The van der Waals surface area contributed by atoms with Crippen LogP contribution in [0.25, 0.3) is 0 Å². The number of hydrogen-bond acceptors (Lipinski definition) is 2. The zero-order chi connectivity index (χ0) is 11.1. The topological polar surface area (TPSA) is 26.3 Å². The molecule has 0 aromatic heterocycles. The van der Waals surface area contributed by atoms with Crippen molar-refractivity contribution in [2.45, 2.75) is 33.6 Å². The van der Waals surface area contributed by atoms with E-state index in [0.717, 1.165) is 12.8 Å². The molecule has 0 saturated heterocycles. The summed E-state index contributed by atoms with van der Waals surface area (Å²) in [6, 6.07) is 0. The van der Waals surface area contributed by atoms with Crippen molar-refractivity contribution in [3.05, 3.63) is 12.2 Å². The molecule has 15 heavy (non-hydrogen) atoms. The number of ether oxygens (including phenoxy) is 1. The summed E-state index contributed by atoms with van der Waals surface area (Å²) >= 11 is 0. The zero-order valence-corrected chi connectivity index (χ0v) is 9.82. The summed E-state index contributed by atoms with van der Waals surface area (Å²) in [4.78, 5) is 11.9. The molecule has 0 amide bonds. The van der Waals surface area contributed by atoms with Crippen LogP contribution in [-0.2, 0) is 9.53 Å². The first-order valence-corrected chi connectivity index (χ1v) is 5.96. The first-order chi connectivity index (χ1) is 7.10. The normalized spacial score (nSPS) is 37.6. The van der Waals surface area contributed by atoms with E-state index in [1.165, 1.54) is 0 Å². The predicted octanol–water partition coefficient (Wildman–Crippen LogP) is 2.79. The molecule has 1 saturated carbocycles. The van der Waals surface area contributed by atoms with E-state index >= 15 is 0 Å². The minimum absolute atomic E-state index is 0.0121. The van der Waals surface area contributed by atoms with Crippen LogP contribution in [0.15, 0.2) is 12.2 Å². The highest BCUT2D eigenvalue weighted by molar-refractivity contribution is 5.75. The van der Waals surface area contributed by atoms with Gasteiger partial charge in [0.2, 0.25) is 0 Å². The lowest BCUT2D eigenvalue weighted by Crippen LogP contribution is -2.35. The summed E-state index contributed by atoms with van der Waals surface area (Å²) in [5, 5.41) is 0. The molecule has 1 fully saturated rings. The minimum atomic E-state index is 0.0121. The molecule has 0 radical (unpaired) electrons. The molecular weight excluding hydrogens is 188 g/mol. The van der Waals surface area contributed by atoms with Crippen LogP contribution in [0.5, 0.6) is 0 Å². The van der Waals surface area contributed by atoms with Gasteiger partial charge < -0.3 is 4.74 Å². The summed E-state index contributed by atoms with van der Waals surface area (Å²) in [7, 11) is 0. The van der Waals surface area contributed by atoms with Gasteiger partial charge in [0.15, 0.2) is 0 Å². The molecule has 2 rings (SSSR count). The zero-order valence-electron chi connectivity index (χ0n) is 9.82. The number of carbonyl (C=O) groups excluding carboxylic acids is 1. The summed E-state index contributed by atoms with van der Waals surface area (Å²) in [6.45, 7) is 6.80. The number of hydrogen-bond donors (Lipinski definition) is 0. The summed E-state index contributed by atoms with van der Waals surface area (Å²) in [5.74, 6) is 1.25. The average Bonchev–Trinajstić information content (AvgIpc) is 2.75. The lowest BCUT2D eigenvalue weighted by atomic mass is 9.70. The van der Waals surface area contributed by atoms with E-state index in [9.17, 15) is 4.79 Å². The van der Waals surface area contributed by atoms with Gasteiger partial charge in [-0.1, -0.05) is 26.0 Å². The van der Waals surface area contributed by atoms with Crippen LogP contribution in [0.4, 0.5) is 0 Å². The molecule has 0 aromatic rings. The van der Waals surface area contributed by atoms with Crippen molar-refractivity contribution in [2.75, 3.05) is 6.61 Å². The first-order valence-electron chi connectivity index (χ1n) is 5.96. The monoisotopic (exact) mass is 208 g/mol. The highest BCUT2D eigenvalue weighted by Gasteiger charge is 2.53. The lowest BCUT2D eigenvalue weighted by Gasteiger charge is -2.34. The number of esters is 1. The van der Waals surface area contributed by atoms with Gasteiger partial charge in [-0.25, -0.2) is 0 Å². The van der Waals surface area contributed by atoms with Crippen LogP contribution < -0.4 is 0 Å². The van der Waals surface area contributed by atoms with Crippen LogP contribution in [0.1, 0.15) is 33.6 Å². The summed E-state index contributed by atoms with van der Waals surface area (Å²) in [6.07, 6.45) is 6.70. The molecule has 2 aliphatic rings. The summed E-state index contributed by atoms with van der Waals surface area (Å²) in [5.41, 5.74) is 0.0942. The molecule has 2 bridgehead atoms. The molecule has 3 atom stereocenters. The SMILES string of the molecule is CCOC(=O)[C@H]1CC2C=CC1(C(C)C)C2. The van der Waals surface area contributed by atoms with Crippen molar-refractivity contribution < 1.29 is 9.53 Å². The molecule has 0 aliphatic heterocycles. The molecular formula is C13H20O2. The maximum absolute atomic E-state index is 11.9. The van der Waals surface area contributed by atoms with E-state index in [1.54, 1.807) is 0 Å².